The fourth-order valence-electron chi connectivity index (χ4n) is 2.96. The van der Waals surface area contributed by atoms with Crippen molar-refractivity contribution in [1.29, 1.82) is 0 Å². The van der Waals surface area contributed by atoms with Gasteiger partial charge in [-0.15, -0.1) is 0 Å². The number of benzene rings is 1. The first-order valence-electron chi connectivity index (χ1n) is 8.44. The molecule has 126 valence electrons. The fraction of sp³-hybridized carbons (Fsp3) is 0.368. The summed E-state index contributed by atoms with van der Waals surface area (Å²) >= 11 is 0. The molecule has 3 rings (SSSR count). The summed E-state index contributed by atoms with van der Waals surface area (Å²) in [6.45, 7) is 6.26. The Labute approximate surface area is 143 Å². The molecule has 1 aliphatic rings. The van der Waals surface area contributed by atoms with Crippen LogP contribution in [0.1, 0.15) is 24.1 Å². The van der Waals surface area contributed by atoms with E-state index in [0.29, 0.717) is 0 Å². The number of nitrogens with one attached hydrogen (secondary N) is 1. The average Bonchev–Trinajstić information content (AvgIpc) is 2.64. The lowest BCUT2D eigenvalue weighted by Gasteiger charge is -2.35. The zero-order valence-corrected chi connectivity index (χ0v) is 14.1. The van der Waals surface area contributed by atoms with Gasteiger partial charge in [-0.1, -0.05) is 30.3 Å². The second-order valence-corrected chi connectivity index (χ2v) is 6.20. The highest BCUT2D eigenvalue weighted by molar-refractivity contribution is 5.74. The molecule has 1 saturated heterocycles. The smallest absolute Gasteiger partial charge is 0.317 e. The van der Waals surface area contributed by atoms with Gasteiger partial charge in [0.15, 0.2) is 0 Å². The zero-order chi connectivity index (χ0) is 16.8. The van der Waals surface area contributed by atoms with Gasteiger partial charge < -0.3 is 10.2 Å². The molecule has 5 heteroatoms. The van der Waals surface area contributed by atoms with Crippen LogP contribution < -0.4 is 5.32 Å². The van der Waals surface area contributed by atoms with E-state index in [4.69, 9.17) is 0 Å². The SMILES string of the molecule is CC(NC(=O)N1CCN(Cc2ccncc2)CC1)c1ccccc1. The highest BCUT2D eigenvalue weighted by Gasteiger charge is 2.22. The van der Waals surface area contributed by atoms with Crippen molar-refractivity contribution in [3.8, 4) is 0 Å². The minimum atomic E-state index is 0.0218. The van der Waals surface area contributed by atoms with Crippen LogP contribution in [-0.2, 0) is 6.54 Å². The van der Waals surface area contributed by atoms with E-state index in [2.05, 4.69) is 15.2 Å². The van der Waals surface area contributed by atoms with Crippen molar-refractivity contribution in [3.05, 3.63) is 66.0 Å². The molecule has 2 heterocycles. The van der Waals surface area contributed by atoms with Crippen molar-refractivity contribution < 1.29 is 4.79 Å². The average molecular weight is 324 g/mol. The molecule has 1 aromatic carbocycles. The first-order valence-corrected chi connectivity index (χ1v) is 8.44. The quantitative estimate of drug-likeness (QED) is 0.940. The third-order valence-electron chi connectivity index (χ3n) is 4.45. The molecule has 0 saturated carbocycles. The molecule has 1 atom stereocenters. The van der Waals surface area contributed by atoms with E-state index in [1.165, 1.54) is 5.56 Å². The summed E-state index contributed by atoms with van der Waals surface area (Å²) in [4.78, 5) is 20.8. The number of rotatable bonds is 4. The number of piperazine rings is 1. The molecule has 2 amide bonds. The largest absolute Gasteiger partial charge is 0.331 e. The Hall–Kier alpha value is -2.40. The number of pyridine rings is 1. The van der Waals surface area contributed by atoms with Crippen molar-refractivity contribution in [3.63, 3.8) is 0 Å². The fourth-order valence-corrected chi connectivity index (χ4v) is 2.96. The third-order valence-corrected chi connectivity index (χ3v) is 4.45. The van der Waals surface area contributed by atoms with Crippen LogP contribution in [0.2, 0.25) is 0 Å². The third kappa shape index (κ3) is 4.32. The lowest BCUT2D eigenvalue weighted by Crippen LogP contribution is -2.51. The van der Waals surface area contributed by atoms with Gasteiger partial charge in [0.25, 0.3) is 0 Å². The molecule has 2 aromatic rings. The molecular weight excluding hydrogens is 300 g/mol. The summed E-state index contributed by atoms with van der Waals surface area (Å²) in [5, 5.41) is 3.09. The number of hydrogen-bond donors (Lipinski definition) is 1. The maximum absolute atomic E-state index is 12.4. The Morgan fingerprint density at radius 1 is 1.08 bits per heavy atom. The van der Waals surface area contributed by atoms with Gasteiger partial charge in [0.2, 0.25) is 0 Å². The monoisotopic (exact) mass is 324 g/mol. The minimum absolute atomic E-state index is 0.0218. The van der Waals surface area contributed by atoms with Crippen LogP contribution in [0.15, 0.2) is 54.9 Å². The van der Waals surface area contributed by atoms with E-state index in [9.17, 15) is 4.79 Å². The molecule has 1 fully saturated rings. The number of nitrogens with zero attached hydrogens (tertiary/aromatic N) is 3. The number of carbonyl (C=O) groups is 1. The summed E-state index contributed by atoms with van der Waals surface area (Å²) in [5.74, 6) is 0. The zero-order valence-electron chi connectivity index (χ0n) is 14.1. The molecule has 1 aliphatic heterocycles. The Morgan fingerprint density at radius 2 is 1.75 bits per heavy atom. The summed E-state index contributed by atoms with van der Waals surface area (Å²) in [5.41, 5.74) is 2.39. The summed E-state index contributed by atoms with van der Waals surface area (Å²) < 4.78 is 0. The molecule has 0 spiro atoms. The number of aromatic nitrogens is 1. The van der Waals surface area contributed by atoms with Crippen LogP contribution in [0.3, 0.4) is 0 Å². The molecule has 1 N–H and O–H groups in total. The predicted octanol–water partition coefficient (Wildman–Crippen LogP) is 2.67. The Morgan fingerprint density at radius 3 is 2.42 bits per heavy atom. The van der Waals surface area contributed by atoms with Crippen molar-refractivity contribution in [2.45, 2.75) is 19.5 Å². The minimum Gasteiger partial charge on any atom is -0.331 e. The Balaban J connectivity index is 1.47. The van der Waals surface area contributed by atoms with Gasteiger partial charge in [-0.3, -0.25) is 9.88 Å². The molecule has 24 heavy (non-hydrogen) atoms. The first kappa shape index (κ1) is 16.5. The van der Waals surface area contributed by atoms with Crippen molar-refractivity contribution in [1.82, 2.24) is 20.1 Å². The lowest BCUT2D eigenvalue weighted by atomic mass is 10.1. The first-order chi connectivity index (χ1) is 11.7. The van der Waals surface area contributed by atoms with Gasteiger partial charge in [0, 0.05) is 45.1 Å². The van der Waals surface area contributed by atoms with Crippen LogP contribution in [0.5, 0.6) is 0 Å². The second kappa shape index (κ2) is 7.93. The van der Waals surface area contributed by atoms with Crippen LogP contribution >= 0.6 is 0 Å². The van der Waals surface area contributed by atoms with Gasteiger partial charge in [-0.05, 0) is 30.2 Å². The number of urea groups is 1. The van der Waals surface area contributed by atoms with Crippen molar-refractivity contribution >= 4 is 6.03 Å². The highest BCUT2D eigenvalue weighted by Crippen LogP contribution is 2.13. The molecule has 0 bridgehead atoms. The molecular formula is C19H24N4O. The number of hydrogen-bond acceptors (Lipinski definition) is 3. The predicted molar refractivity (Wildman–Crippen MR) is 94.5 cm³/mol. The van der Waals surface area contributed by atoms with Gasteiger partial charge in [-0.25, -0.2) is 4.79 Å². The maximum Gasteiger partial charge on any atom is 0.317 e. The van der Waals surface area contributed by atoms with Gasteiger partial charge in [0.05, 0.1) is 6.04 Å². The normalized spacial score (nSPS) is 16.6. The Kier molecular flexibility index (Phi) is 5.43. The number of carbonyl (C=O) groups excluding carboxylic acids is 1. The van der Waals surface area contributed by atoms with E-state index in [1.807, 2.05) is 66.7 Å². The van der Waals surface area contributed by atoms with Gasteiger partial charge >= 0.3 is 6.03 Å². The van der Waals surface area contributed by atoms with Crippen LogP contribution in [-0.4, -0.2) is 47.0 Å². The van der Waals surface area contributed by atoms with Crippen LogP contribution in [0.25, 0.3) is 0 Å². The standard InChI is InChI=1S/C19H24N4O/c1-16(18-5-3-2-4-6-18)21-19(24)23-13-11-22(12-14-23)15-17-7-9-20-10-8-17/h2-10,16H,11-15H2,1H3,(H,21,24). The topological polar surface area (TPSA) is 48.5 Å². The highest BCUT2D eigenvalue weighted by atomic mass is 16.2. The second-order valence-electron chi connectivity index (χ2n) is 6.20. The Bertz CT molecular complexity index is 639. The molecule has 1 aromatic heterocycles. The molecule has 0 radical (unpaired) electrons. The van der Waals surface area contributed by atoms with Crippen LogP contribution in [0.4, 0.5) is 4.79 Å². The molecule has 0 aliphatic carbocycles. The summed E-state index contributed by atoms with van der Waals surface area (Å²) in [6, 6.07) is 14.2. The maximum atomic E-state index is 12.4. The van der Waals surface area contributed by atoms with Gasteiger partial charge in [-0.2, -0.15) is 0 Å². The van der Waals surface area contributed by atoms with Gasteiger partial charge in [0.1, 0.15) is 0 Å². The van der Waals surface area contributed by atoms with E-state index >= 15 is 0 Å². The lowest BCUT2D eigenvalue weighted by molar-refractivity contribution is 0.133. The van der Waals surface area contributed by atoms with Crippen LogP contribution in [0, 0.1) is 0 Å². The van der Waals surface area contributed by atoms with E-state index in [-0.39, 0.29) is 12.1 Å². The summed E-state index contributed by atoms with van der Waals surface area (Å²) in [7, 11) is 0. The summed E-state index contributed by atoms with van der Waals surface area (Å²) in [6.07, 6.45) is 3.65. The van der Waals surface area contributed by atoms with Crippen molar-refractivity contribution in [2.75, 3.05) is 26.2 Å². The van der Waals surface area contributed by atoms with E-state index in [1.54, 1.807) is 0 Å². The molecule has 1 unspecified atom stereocenters. The van der Waals surface area contributed by atoms with Crippen molar-refractivity contribution in [2.24, 2.45) is 0 Å². The van der Waals surface area contributed by atoms with E-state index in [0.717, 1.165) is 38.3 Å². The van der Waals surface area contributed by atoms with E-state index < -0.39 is 0 Å². The number of amides is 2. The molecule has 5 nitrogen and oxygen atoms in total.